The van der Waals surface area contributed by atoms with E-state index in [0.717, 1.165) is 5.56 Å². The second kappa shape index (κ2) is 9.54. The van der Waals surface area contributed by atoms with Gasteiger partial charge in [-0.05, 0) is 69.5 Å². The lowest BCUT2D eigenvalue weighted by Gasteiger charge is -2.26. The molecule has 2 aromatic carbocycles. The normalized spacial score (nSPS) is 18.4. The van der Waals surface area contributed by atoms with Crippen LogP contribution in [0.4, 0.5) is 0 Å². The van der Waals surface area contributed by atoms with Crippen LogP contribution in [0.25, 0.3) is 5.76 Å². The SMILES string of the molecule is COc1cc([C@H]2/C(=C(\O)c3ccc4c(c3)OCCO4)C(=O)C(=O)N2Cc2ccncc2)cc(Br)c1O. The number of phenols is 1. The standard InChI is InChI=1S/C26H21BrN2O7/c1-34-20-12-16(10-17(27)24(20)31)22-21(23(30)15-2-3-18-19(11-15)36-9-8-35-18)25(32)26(33)29(22)13-14-4-6-28-7-5-14/h2-7,10-12,22,30-31H,8-9,13H2,1H3/b23-21+/t22-/m0/s1. The van der Waals surface area contributed by atoms with E-state index in [9.17, 15) is 19.8 Å². The third-order valence-electron chi connectivity index (χ3n) is 6.04. The Morgan fingerprint density at radius 1 is 1.11 bits per heavy atom. The number of carbonyl (C=O) groups is 2. The first-order valence-electron chi connectivity index (χ1n) is 11.0. The largest absolute Gasteiger partial charge is 0.507 e. The number of aromatic nitrogens is 1. The number of ketones is 1. The Labute approximate surface area is 214 Å². The van der Waals surface area contributed by atoms with Gasteiger partial charge in [0, 0.05) is 24.5 Å². The molecule has 3 aromatic rings. The molecule has 3 heterocycles. The highest BCUT2D eigenvalue weighted by atomic mass is 79.9. The van der Waals surface area contributed by atoms with E-state index in [4.69, 9.17) is 14.2 Å². The first-order valence-corrected chi connectivity index (χ1v) is 11.8. The van der Waals surface area contributed by atoms with Crippen LogP contribution in [0, 0.1) is 0 Å². The maximum absolute atomic E-state index is 13.3. The van der Waals surface area contributed by atoms with Gasteiger partial charge in [-0.2, -0.15) is 0 Å². The average molecular weight is 553 g/mol. The summed E-state index contributed by atoms with van der Waals surface area (Å²) in [6, 6.07) is 10.5. The van der Waals surface area contributed by atoms with Crippen molar-refractivity contribution in [3.05, 3.63) is 81.6 Å². The predicted octanol–water partition coefficient (Wildman–Crippen LogP) is 3.95. The second-order valence-electron chi connectivity index (χ2n) is 8.19. The smallest absolute Gasteiger partial charge is 0.295 e. The third-order valence-corrected chi connectivity index (χ3v) is 6.65. The third kappa shape index (κ3) is 4.13. The molecule has 5 rings (SSSR count). The number of likely N-dealkylation sites (tertiary alicyclic amines) is 1. The predicted molar refractivity (Wildman–Crippen MR) is 132 cm³/mol. The van der Waals surface area contributed by atoms with Crippen LogP contribution >= 0.6 is 15.9 Å². The highest BCUT2D eigenvalue weighted by Gasteiger charge is 2.46. The molecule has 2 aliphatic heterocycles. The number of ether oxygens (including phenoxy) is 3. The van der Waals surface area contributed by atoms with E-state index in [2.05, 4.69) is 20.9 Å². The number of benzene rings is 2. The van der Waals surface area contributed by atoms with E-state index >= 15 is 0 Å². The molecule has 10 heteroatoms. The number of Topliss-reactive ketones (excluding diaryl/α,β-unsaturated/α-hetero) is 1. The molecule has 0 unspecified atom stereocenters. The number of phenolic OH excluding ortho intramolecular Hbond substituents is 1. The molecule has 2 N–H and O–H groups in total. The Balaban J connectivity index is 1.68. The van der Waals surface area contributed by atoms with Crippen molar-refractivity contribution >= 4 is 33.4 Å². The van der Waals surface area contributed by atoms with Crippen LogP contribution in [0.5, 0.6) is 23.0 Å². The summed E-state index contributed by atoms with van der Waals surface area (Å²) in [5.41, 5.74) is 1.42. The number of halogens is 1. The van der Waals surface area contributed by atoms with E-state index < -0.39 is 17.7 Å². The van der Waals surface area contributed by atoms with Crippen molar-refractivity contribution in [3.8, 4) is 23.0 Å². The molecule has 0 radical (unpaired) electrons. The lowest BCUT2D eigenvalue weighted by atomic mass is 9.94. The van der Waals surface area contributed by atoms with Gasteiger partial charge in [-0.15, -0.1) is 0 Å². The minimum atomic E-state index is -0.961. The first kappa shape index (κ1) is 23.7. The van der Waals surface area contributed by atoms with Crippen LogP contribution in [0.3, 0.4) is 0 Å². The molecule has 9 nitrogen and oxygen atoms in total. The lowest BCUT2D eigenvalue weighted by molar-refractivity contribution is -0.140. The number of nitrogens with zero attached hydrogens (tertiary/aromatic N) is 2. The van der Waals surface area contributed by atoms with Crippen molar-refractivity contribution in [1.29, 1.82) is 0 Å². The van der Waals surface area contributed by atoms with Crippen molar-refractivity contribution in [3.63, 3.8) is 0 Å². The van der Waals surface area contributed by atoms with Gasteiger partial charge in [0.1, 0.15) is 19.0 Å². The summed E-state index contributed by atoms with van der Waals surface area (Å²) in [7, 11) is 1.40. The average Bonchev–Trinajstić information content (AvgIpc) is 3.15. The van der Waals surface area contributed by atoms with E-state index in [1.807, 2.05) is 0 Å². The van der Waals surface area contributed by atoms with E-state index in [0.29, 0.717) is 40.3 Å². The van der Waals surface area contributed by atoms with Gasteiger partial charge in [0.2, 0.25) is 0 Å². The zero-order chi connectivity index (χ0) is 25.4. The summed E-state index contributed by atoms with van der Waals surface area (Å²) in [5.74, 6) is -0.964. The van der Waals surface area contributed by atoms with Crippen LogP contribution in [-0.4, -0.2) is 52.1 Å². The number of carbonyl (C=O) groups excluding carboxylic acids is 2. The van der Waals surface area contributed by atoms with Crippen molar-refractivity contribution in [2.75, 3.05) is 20.3 Å². The fraction of sp³-hybridized carbons (Fsp3) is 0.192. The van der Waals surface area contributed by atoms with Crippen LogP contribution in [0.1, 0.15) is 22.7 Å². The minimum Gasteiger partial charge on any atom is -0.507 e. The van der Waals surface area contributed by atoms with Crippen LogP contribution in [0.2, 0.25) is 0 Å². The van der Waals surface area contributed by atoms with Crippen LogP contribution in [-0.2, 0) is 16.1 Å². The molecular formula is C26H21BrN2O7. The summed E-state index contributed by atoms with van der Waals surface area (Å²) in [6.07, 6.45) is 3.19. The van der Waals surface area contributed by atoms with Crippen molar-refractivity contribution < 1.29 is 34.0 Å². The number of rotatable bonds is 5. The topological polar surface area (TPSA) is 118 Å². The zero-order valence-electron chi connectivity index (χ0n) is 19.1. The summed E-state index contributed by atoms with van der Waals surface area (Å²) in [6.45, 7) is 0.862. The van der Waals surface area contributed by atoms with Gasteiger partial charge in [-0.25, -0.2) is 0 Å². The van der Waals surface area contributed by atoms with E-state index in [-0.39, 0.29) is 29.4 Å². The maximum Gasteiger partial charge on any atom is 0.295 e. The van der Waals surface area contributed by atoms with Crippen molar-refractivity contribution in [2.45, 2.75) is 12.6 Å². The van der Waals surface area contributed by atoms with Crippen molar-refractivity contribution in [1.82, 2.24) is 9.88 Å². The molecule has 2 aliphatic rings. The number of aliphatic hydroxyl groups is 1. The fourth-order valence-electron chi connectivity index (χ4n) is 4.33. The first-order chi connectivity index (χ1) is 17.4. The number of pyridine rings is 1. The van der Waals surface area contributed by atoms with E-state index in [1.54, 1.807) is 48.8 Å². The Hall–Kier alpha value is -4.05. The molecule has 1 saturated heterocycles. The second-order valence-corrected chi connectivity index (χ2v) is 9.05. The number of aromatic hydroxyl groups is 1. The van der Waals surface area contributed by atoms with Gasteiger partial charge in [-0.1, -0.05) is 0 Å². The van der Waals surface area contributed by atoms with Crippen LogP contribution in [0.15, 0.2) is 64.9 Å². The number of aliphatic hydroxyl groups excluding tert-OH is 1. The summed E-state index contributed by atoms with van der Waals surface area (Å²) < 4.78 is 16.8. The molecule has 36 heavy (non-hydrogen) atoms. The quantitative estimate of drug-likeness (QED) is 0.277. The number of hydrogen-bond acceptors (Lipinski definition) is 8. The molecule has 1 fully saturated rings. The number of hydrogen-bond donors (Lipinski definition) is 2. The Morgan fingerprint density at radius 2 is 1.83 bits per heavy atom. The highest BCUT2D eigenvalue weighted by Crippen LogP contribution is 2.45. The molecule has 0 saturated carbocycles. The minimum absolute atomic E-state index is 0.0922. The lowest BCUT2D eigenvalue weighted by Crippen LogP contribution is -2.29. The van der Waals surface area contributed by atoms with Gasteiger partial charge in [0.15, 0.2) is 23.0 Å². The summed E-state index contributed by atoms with van der Waals surface area (Å²) >= 11 is 3.31. The molecule has 184 valence electrons. The molecular weight excluding hydrogens is 532 g/mol. The highest BCUT2D eigenvalue weighted by molar-refractivity contribution is 9.10. The summed E-state index contributed by atoms with van der Waals surface area (Å²) in [4.78, 5) is 32.0. The Bertz CT molecular complexity index is 1390. The van der Waals surface area contributed by atoms with Crippen LogP contribution < -0.4 is 14.2 Å². The van der Waals surface area contributed by atoms with E-state index in [1.165, 1.54) is 18.1 Å². The number of fused-ring (bicyclic) bond motifs is 1. The Kier molecular flexibility index (Phi) is 6.27. The van der Waals surface area contributed by atoms with Gasteiger partial charge in [-0.3, -0.25) is 14.6 Å². The molecule has 0 aliphatic carbocycles. The Morgan fingerprint density at radius 3 is 2.56 bits per heavy atom. The monoisotopic (exact) mass is 552 g/mol. The van der Waals surface area contributed by atoms with Gasteiger partial charge >= 0.3 is 0 Å². The van der Waals surface area contributed by atoms with Gasteiger partial charge in [0.05, 0.1) is 23.2 Å². The molecule has 0 bridgehead atoms. The van der Waals surface area contributed by atoms with Crippen molar-refractivity contribution in [2.24, 2.45) is 0 Å². The zero-order valence-corrected chi connectivity index (χ0v) is 20.7. The molecule has 1 amide bonds. The molecule has 1 aromatic heterocycles. The summed E-state index contributed by atoms with van der Waals surface area (Å²) in [5, 5.41) is 21.7. The molecule has 0 spiro atoms. The number of methoxy groups -OCH3 is 1. The maximum atomic E-state index is 13.3. The molecule has 1 atom stereocenters. The van der Waals surface area contributed by atoms with Gasteiger partial charge < -0.3 is 29.3 Å². The van der Waals surface area contributed by atoms with Gasteiger partial charge in [0.25, 0.3) is 11.7 Å². The number of amides is 1. The fourth-order valence-corrected chi connectivity index (χ4v) is 4.79.